The van der Waals surface area contributed by atoms with E-state index in [1.54, 1.807) is 0 Å². The van der Waals surface area contributed by atoms with E-state index in [4.69, 9.17) is 0 Å². The molecule has 52 heavy (non-hydrogen) atoms. The van der Waals surface area contributed by atoms with E-state index >= 15 is 0 Å². The maximum atomic E-state index is 14.0. The lowest BCUT2D eigenvalue weighted by molar-refractivity contribution is -0.145. The van der Waals surface area contributed by atoms with Gasteiger partial charge in [-0.3, -0.25) is 0 Å². The summed E-state index contributed by atoms with van der Waals surface area (Å²) >= 11 is 0. The summed E-state index contributed by atoms with van der Waals surface area (Å²) in [5.41, 5.74) is -25.0. The Morgan fingerprint density at radius 2 is 0.654 bits per heavy atom. The molecule has 0 heterocycles. The molecule has 0 atom stereocenters. The van der Waals surface area contributed by atoms with Gasteiger partial charge in [0.25, 0.3) is 0 Å². The second-order valence-corrected chi connectivity index (χ2v) is 9.74. The van der Waals surface area contributed by atoms with E-state index in [2.05, 4.69) is 0 Å². The van der Waals surface area contributed by atoms with Crippen LogP contribution in [-0.2, 0) is 24.7 Å². The summed E-state index contributed by atoms with van der Waals surface area (Å²) in [6, 6.07) is 8.81. The van der Waals surface area contributed by atoms with Gasteiger partial charge in [-0.1, -0.05) is 12.1 Å². The molecule has 8 nitrogen and oxygen atoms in total. The number of benzene rings is 3. The van der Waals surface area contributed by atoms with Gasteiger partial charge in [-0.15, -0.1) is 0 Å². The lowest BCUT2D eigenvalue weighted by Crippen LogP contribution is -2.25. The Kier molecular flexibility index (Phi) is 10.0. The number of alkyl halides is 12. The first-order valence-electron chi connectivity index (χ1n) is 12.9. The molecule has 256 valence electrons. The molecule has 3 aromatic carbocycles. The summed E-state index contributed by atoms with van der Waals surface area (Å²) in [5, 5.41) is 75.3. The topological polar surface area (TPSA) is 190 Å². The zero-order valence-electron chi connectivity index (χ0n) is 24.4. The average Bonchev–Trinajstić information content (AvgIpc) is 3.05. The minimum absolute atomic E-state index is 0.188. The van der Waals surface area contributed by atoms with Gasteiger partial charge in [0.1, 0.15) is 48.6 Å². The van der Waals surface area contributed by atoms with E-state index in [0.717, 1.165) is 12.1 Å². The van der Waals surface area contributed by atoms with Gasteiger partial charge in [0, 0.05) is 21.6 Å². The number of nitriles is 8. The maximum absolute atomic E-state index is 14.0. The minimum atomic E-state index is -5.84. The van der Waals surface area contributed by atoms with E-state index in [9.17, 15) is 94.8 Å². The van der Waals surface area contributed by atoms with Crippen LogP contribution in [-0.4, -0.2) is 0 Å². The molecule has 3 aromatic rings. The van der Waals surface area contributed by atoms with Crippen molar-refractivity contribution in [3.63, 3.8) is 0 Å². The SMILES string of the molecule is N#C/C(c1cc(C(F)(F)F)c(C#N)c(C(F)(F)F)c1C#N)=c1/cc/c(=C(\C#N)c2cc(C(F)(F)F)c(C#N)c(C(F)(F)F)c2C#N)c(C#N)c1C#N. The van der Waals surface area contributed by atoms with Crippen molar-refractivity contribution in [2.75, 3.05) is 0 Å². The van der Waals surface area contributed by atoms with E-state index in [0.29, 0.717) is 24.3 Å². The van der Waals surface area contributed by atoms with Gasteiger partial charge in [-0.2, -0.15) is 94.8 Å². The molecule has 0 N–H and O–H groups in total. The number of hydrogen-bond donors (Lipinski definition) is 0. The molecule has 0 fully saturated rings. The van der Waals surface area contributed by atoms with Crippen LogP contribution in [0.1, 0.15) is 66.8 Å². The van der Waals surface area contributed by atoms with Crippen molar-refractivity contribution in [2.45, 2.75) is 24.7 Å². The summed E-state index contributed by atoms with van der Waals surface area (Å²) in [6.45, 7) is 0. The third-order valence-corrected chi connectivity index (χ3v) is 7.01. The Morgan fingerprint density at radius 1 is 0.385 bits per heavy atom. The first-order valence-corrected chi connectivity index (χ1v) is 12.9. The predicted molar refractivity (Wildman–Crippen MR) is 143 cm³/mol. The van der Waals surface area contributed by atoms with Gasteiger partial charge in [0.15, 0.2) is 0 Å². The van der Waals surface area contributed by atoms with Crippen molar-refractivity contribution in [1.29, 1.82) is 42.1 Å². The van der Waals surface area contributed by atoms with Crippen LogP contribution in [0.3, 0.4) is 0 Å². The van der Waals surface area contributed by atoms with Crippen molar-refractivity contribution >= 4 is 11.1 Å². The quantitative estimate of drug-likeness (QED) is 0.269. The summed E-state index contributed by atoms with van der Waals surface area (Å²) in [5.74, 6) is 0. The van der Waals surface area contributed by atoms with Crippen molar-refractivity contribution in [2.24, 2.45) is 0 Å². The third-order valence-electron chi connectivity index (χ3n) is 7.01. The highest BCUT2D eigenvalue weighted by Crippen LogP contribution is 2.45. The molecule has 0 saturated heterocycles. The molecule has 0 saturated carbocycles. The molecule has 3 rings (SSSR count). The number of rotatable bonds is 2. The van der Waals surface area contributed by atoms with Crippen molar-refractivity contribution in [1.82, 2.24) is 0 Å². The smallest absolute Gasteiger partial charge is 0.192 e. The molecule has 0 radical (unpaired) electrons. The molecular formula is C32H4F12N8. The first-order chi connectivity index (χ1) is 24.0. The van der Waals surface area contributed by atoms with E-state index in [1.165, 1.54) is 24.3 Å². The Morgan fingerprint density at radius 3 is 0.846 bits per heavy atom. The highest BCUT2D eigenvalue weighted by molar-refractivity contribution is 5.86. The van der Waals surface area contributed by atoms with Crippen molar-refractivity contribution < 1.29 is 52.7 Å². The molecule has 0 amide bonds. The third kappa shape index (κ3) is 6.57. The fourth-order valence-corrected chi connectivity index (χ4v) is 5.02. The molecule has 20 heteroatoms. The van der Waals surface area contributed by atoms with Crippen LogP contribution in [0.15, 0.2) is 24.3 Å². The van der Waals surface area contributed by atoms with Crippen LogP contribution in [0.5, 0.6) is 0 Å². The summed E-state index contributed by atoms with van der Waals surface area (Å²) in [4.78, 5) is 0. The molecule has 0 aliphatic carbocycles. The van der Waals surface area contributed by atoms with Gasteiger partial charge in [-0.05, 0) is 12.1 Å². The van der Waals surface area contributed by atoms with Crippen LogP contribution in [0.25, 0.3) is 11.1 Å². The second kappa shape index (κ2) is 13.4. The Balaban J connectivity index is 2.82. The monoisotopic (exact) mass is 728 g/mol. The first kappa shape index (κ1) is 38.9. The fourth-order valence-electron chi connectivity index (χ4n) is 5.02. The van der Waals surface area contributed by atoms with Gasteiger partial charge >= 0.3 is 24.7 Å². The van der Waals surface area contributed by atoms with Gasteiger partial charge in [0.05, 0.1) is 66.8 Å². The zero-order valence-corrected chi connectivity index (χ0v) is 24.4. The van der Waals surface area contributed by atoms with Crippen LogP contribution in [0, 0.1) is 90.6 Å². The lowest BCUT2D eigenvalue weighted by atomic mass is 9.86. The number of nitrogens with zero attached hydrogens (tertiary/aromatic N) is 8. The lowest BCUT2D eigenvalue weighted by Gasteiger charge is -2.19. The molecule has 0 aliphatic heterocycles. The second-order valence-electron chi connectivity index (χ2n) is 9.74. The maximum Gasteiger partial charge on any atom is 0.419 e. The highest BCUT2D eigenvalue weighted by atomic mass is 19.4. The van der Waals surface area contributed by atoms with E-state index in [-0.39, 0.29) is 12.1 Å². The molecule has 0 spiro atoms. The molecule has 0 aliphatic rings. The average molecular weight is 728 g/mol. The van der Waals surface area contributed by atoms with Crippen LogP contribution in [0.4, 0.5) is 52.7 Å². The molecular weight excluding hydrogens is 724 g/mol. The molecule has 0 bridgehead atoms. The van der Waals surface area contributed by atoms with Crippen molar-refractivity contribution in [3.05, 3.63) is 101 Å². The summed E-state index contributed by atoms with van der Waals surface area (Å²) < 4.78 is 168. The number of halogens is 12. The zero-order chi connectivity index (χ0) is 39.7. The van der Waals surface area contributed by atoms with E-state index in [1.807, 2.05) is 0 Å². The van der Waals surface area contributed by atoms with Gasteiger partial charge < -0.3 is 0 Å². The summed E-state index contributed by atoms with van der Waals surface area (Å²) in [7, 11) is 0. The predicted octanol–water partition coefficient (Wildman–Crippen LogP) is 6.44. The van der Waals surface area contributed by atoms with Crippen LogP contribution >= 0.6 is 0 Å². The fraction of sp³-hybridized carbons (Fsp3) is 0.125. The van der Waals surface area contributed by atoms with Crippen molar-refractivity contribution in [3.8, 4) is 48.6 Å². The number of hydrogen-bond acceptors (Lipinski definition) is 8. The van der Waals surface area contributed by atoms with Crippen LogP contribution in [0.2, 0.25) is 0 Å². The molecule has 0 unspecified atom stereocenters. The molecule has 0 aromatic heterocycles. The standard InChI is InChI=1S/C32H4F12N8/c33-29(34,35)25-3-15(21(9-49)27(23(25)11-51)31(39,40)41)17(5-45)13-1-2-14(20(8-48)19(13)7-47)18(6-46)16-4-26(30(36,37)38)24(12-52)28(22(16)10-50)32(42,43)44/h1-4H/b17-13-,18-14+. The Bertz CT molecular complexity index is 2370. The van der Waals surface area contributed by atoms with E-state index < -0.39 is 113 Å². The highest BCUT2D eigenvalue weighted by Gasteiger charge is 2.46. The largest absolute Gasteiger partial charge is 0.419 e. The van der Waals surface area contributed by atoms with Crippen LogP contribution < -0.4 is 10.4 Å². The van der Waals surface area contributed by atoms with Gasteiger partial charge in [-0.25, -0.2) is 0 Å². The minimum Gasteiger partial charge on any atom is -0.192 e. The Hall–Kier alpha value is -7.52. The normalized spacial score (nSPS) is 12.7. The summed E-state index contributed by atoms with van der Waals surface area (Å²) in [6.07, 6.45) is -23.1. The Labute approximate surface area is 280 Å². The van der Waals surface area contributed by atoms with Gasteiger partial charge in [0.2, 0.25) is 0 Å².